The Bertz CT molecular complexity index is 531. The van der Waals surface area contributed by atoms with Crippen LogP contribution in [0.1, 0.15) is 16.7 Å². The van der Waals surface area contributed by atoms with Crippen molar-refractivity contribution in [2.75, 3.05) is 0 Å². The number of nitriles is 1. The number of primary amides is 1. The molecule has 8 heteroatoms. The normalized spacial score (nSPS) is 11.2. The molecule has 0 saturated heterocycles. The van der Waals surface area contributed by atoms with Gasteiger partial charge in [0.15, 0.2) is 0 Å². The van der Waals surface area contributed by atoms with Crippen molar-refractivity contribution in [1.82, 2.24) is 5.43 Å². The van der Waals surface area contributed by atoms with Crippen LogP contribution in [0.15, 0.2) is 23.3 Å². The molecule has 0 bridgehead atoms. The number of alkyl halides is 3. The van der Waals surface area contributed by atoms with E-state index in [1.807, 2.05) is 5.43 Å². The molecular formula is C10H7F3N4O. The number of urea groups is 1. The van der Waals surface area contributed by atoms with Crippen molar-refractivity contribution in [3.63, 3.8) is 0 Å². The first-order chi connectivity index (χ1) is 8.34. The molecule has 0 aliphatic rings. The lowest BCUT2D eigenvalue weighted by atomic mass is 10.0. The summed E-state index contributed by atoms with van der Waals surface area (Å²) >= 11 is 0. The predicted octanol–water partition coefficient (Wildman–Crippen LogP) is 1.58. The summed E-state index contributed by atoms with van der Waals surface area (Å²) in [5.74, 6) is 0. The van der Waals surface area contributed by atoms with Crippen LogP contribution in [0.5, 0.6) is 0 Å². The fraction of sp³-hybridized carbons (Fsp3) is 0.100. The highest BCUT2D eigenvalue weighted by Crippen LogP contribution is 2.32. The van der Waals surface area contributed by atoms with Crippen LogP contribution in [-0.2, 0) is 6.18 Å². The van der Waals surface area contributed by atoms with Gasteiger partial charge in [0, 0.05) is 0 Å². The Morgan fingerprint density at radius 2 is 2.17 bits per heavy atom. The fourth-order valence-electron chi connectivity index (χ4n) is 1.14. The summed E-state index contributed by atoms with van der Waals surface area (Å²) in [5, 5.41) is 11.9. The van der Waals surface area contributed by atoms with Gasteiger partial charge in [0.25, 0.3) is 0 Å². The molecule has 2 amide bonds. The van der Waals surface area contributed by atoms with Gasteiger partial charge >= 0.3 is 12.2 Å². The van der Waals surface area contributed by atoms with E-state index >= 15 is 0 Å². The molecule has 0 heterocycles. The fourth-order valence-corrected chi connectivity index (χ4v) is 1.14. The zero-order chi connectivity index (χ0) is 13.8. The van der Waals surface area contributed by atoms with Gasteiger partial charge in [0.1, 0.15) is 0 Å². The molecule has 5 nitrogen and oxygen atoms in total. The van der Waals surface area contributed by atoms with E-state index in [-0.39, 0.29) is 5.56 Å². The van der Waals surface area contributed by atoms with Crippen LogP contribution in [0.3, 0.4) is 0 Å². The van der Waals surface area contributed by atoms with E-state index in [0.717, 1.165) is 18.3 Å². The third kappa shape index (κ3) is 3.48. The number of amides is 2. The lowest BCUT2D eigenvalue weighted by Gasteiger charge is -2.08. The second-order valence-electron chi connectivity index (χ2n) is 3.15. The Balaban J connectivity index is 3.08. The maximum atomic E-state index is 12.6. The van der Waals surface area contributed by atoms with Crippen LogP contribution in [0, 0.1) is 11.3 Å². The van der Waals surface area contributed by atoms with E-state index in [4.69, 9.17) is 11.0 Å². The minimum absolute atomic E-state index is 0.0788. The number of rotatable bonds is 2. The predicted molar refractivity (Wildman–Crippen MR) is 56.5 cm³/mol. The number of hydrogen-bond donors (Lipinski definition) is 2. The summed E-state index contributed by atoms with van der Waals surface area (Å²) in [6, 6.07) is 3.56. The molecule has 0 fully saturated rings. The molecule has 1 aromatic rings. The van der Waals surface area contributed by atoms with Crippen molar-refractivity contribution in [2.24, 2.45) is 10.8 Å². The highest BCUT2D eigenvalue weighted by Gasteiger charge is 2.33. The van der Waals surface area contributed by atoms with E-state index in [2.05, 4.69) is 5.10 Å². The van der Waals surface area contributed by atoms with Gasteiger partial charge in [-0.2, -0.15) is 23.5 Å². The van der Waals surface area contributed by atoms with Gasteiger partial charge in [0.05, 0.1) is 23.4 Å². The van der Waals surface area contributed by atoms with Crippen LogP contribution in [0.2, 0.25) is 0 Å². The molecule has 1 aromatic carbocycles. The molecule has 18 heavy (non-hydrogen) atoms. The number of carbonyl (C=O) groups excluding carboxylic acids is 1. The average molecular weight is 256 g/mol. The Labute approximate surface area is 99.7 Å². The third-order valence-corrected chi connectivity index (χ3v) is 1.86. The van der Waals surface area contributed by atoms with Crippen molar-refractivity contribution in [3.8, 4) is 6.07 Å². The van der Waals surface area contributed by atoms with Gasteiger partial charge in [0.2, 0.25) is 0 Å². The monoisotopic (exact) mass is 256 g/mol. The minimum atomic E-state index is -4.63. The number of halogens is 3. The molecule has 0 radical (unpaired) electrons. The molecule has 0 aliphatic heterocycles. The summed E-state index contributed by atoms with van der Waals surface area (Å²) in [5.41, 5.74) is 5.09. The maximum Gasteiger partial charge on any atom is 0.417 e. The van der Waals surface area contributed by atoms with E-state index < -0.39 is 23.3 Å². The zero-order valence-corrected chi connectivity index (χ0v) is 8.82. The number of hydrogen-bond acceptors (Lipinski definition) is 3. The van der Waals surface area contributed by atoms with Crippen molar-refractivity contribution in [2.45, 2.75) is 6.18 Å². The standard InChI is InChI=1S/C10H7F3N4O/c11-10(12,13)8-3-6(1-2-7(8)4-14)5-16-17-9(15)18/h1-3,5H,(H3,15,17,18). The molecule has 94 valence electrons. The largest absolute Gasteiger partial charge is 0.417 e. The van der Waals surface area contributed by atoms with E-state index in [1.54, 1.807) is 0 Å². The Kier molecular flexibility index (Phi) is 3.89. The Hall–Kier alpha value is -2.56. The first-order valence-corrected chi connectivity index (χ1v) is 4.54. The highest BCUT2D eigenvalue weighted by molar-refractivity contribution is 5.82. The quantitative estimate of drug-likeness (QED) is 0.621. The van der Waals surface area contributed by atoms with Crippen molar-refractivity contribution < 1.29 is 18.0 Å². The van der Waals surface area contributed by atoms with Gasteiger partial charge in [-0.3, -0.25) is 0 Å². The number of nitrogens with one attached hydrogen (secondary N) is 1. The molecular weight excluding hydrogens is 249 g/mol. The van der Waals surface area contributed by atoms with Crippen LogP contribution < -0.4 is 11.2 Å². The molecule has 1 rings (SSSR count). The molecule has 3 N–H and O–H groups in total. The van der Waals surface area contributed by atoms with Gasteiger partial charge in [-0.15, -0.1) is 0 Å². The van der Waals surface area contributed by atoms with Crippen molar-refractivity contribution >= 4 is 12.2 Å². The Morgan fingerprint density at radius 3 is 2.67 bits per heavy atom. The van der Waals surface area contributed by atoms with Crippen LogP contribution in [-0.4, -0.2) is 12.2 Å². The average Bonchev–Trinajstić information content (AvgIpc) is 2.27. The van der Waals surface area contributed by atoms with Crippen LogP contribution >= 0.6 is 0 Å². The van der Waals surface area contributed by atoms with Crippen LogP contribution in [0.25, 0.3) is 0 Å². The molecule has 0 aliphatic carbocycles. The zero-order valence-electron chi connectivity index (χ0n) is 8.82. The SMILES string of the molecule is N#Cc1ccc(C=NNC(N)=O)cc1C(F)(F)F. The number of hydrazone groups is 1. The molecule has 0 spiro atoms. The van der Waals surface area contributed by atoms with Crippen LogP contribution in [0.4, 0.5) is 18.0 Å². The number of benzene rings is 1. The summed E-state index contributed by atoms with van der Waals surface area (Å²) in [6.07, 6.45) is -3.65. The van der Waals surface area contributed by atoms with E-state index in [0.29, 0.717) is 0 Å². The molecule has 0 saturated carbocycles. The summed E-state index contributed by atoms with van der Waals surface area (Å²) in [4.78, 5) is 10.3. The van der Waals surface area contributed by atoms with Gasteiger partial charge < -0.3 is 5.73 Å². The van der Waals surface area contributed by atoms with E-state index in [9.17, 15) is 18.0 Å². The lowest BCUT2D eigenvalue weighted by Crippen LogP contribution is -2.24. The van der Waals surface area contributed by atoms with Gasteiger partial charge in [-0.05, 0) is 17.7 Å². The summed E-state index contributed by atoms with van der Waals surface area (Å²) in [6.45, 7) is 0. The first-order valence-electron chi connectivity index (χ1n) is 4.54. The molecule has 0 atom stereocenters. The number of carbonyl (C=O) groups is 1. The highest BCUT2D eigenvalue weighted by atomic mass is 19.4. The summed E-state index contributed by atoms with van der Waals surface area (Å²) < 4.78 is 37.7. The lowest BCUT2D eigenvalue weighted by molar-refractivity contribution is -0.137. The minimum Gasteiger partial charge on any atom is -0.350 e. The topological polar surface area (TPSA) is 91.3 Å². The van der Waals surface area contributed by atoms with Crippen molar-refractivity contribution in [3.05, 3.63) is 34.9 Å². The second kappa shape index (κ2) is 5.18. The maximum absolute atomic E-state index is 12.6. The first kappa shape index (κ1) is 13.5. The molecule has 0 unspecified atom stereocenters. The van der Waals surface area contributed by atoms with Gasteiger partial charge in [-0.1, -0.05) is 6.07 Å². The third-order valence-electron chi connectivity index (χ3n) is 1.86. The second-order valence-corrected chi connectivity index (χ2v) is 3.15. The van der Waals surface area contributed by atoms with E-state index in [1.165, 1.54) is 12.1 Å². The number of nitrogens with zero attached hydrogens (tertiary/aromatic N) is 2. The Morgan fingerprint density at radius 1 is 1.50 bits per heavy atom. The van der Waals surface area contributed by atoms with Gasteiger partial charge in [-0.25, -0.2) is 10.2 Å². The number of nitrogens with two attached hydrogens (primary N) is 1. The summed E-state index contributed by atoms with van der Waals surface area (Å²) in [7, 11) is 0. The molecule has 0 aromatic heterocycles. The smallest absolute Gasteiger partial charge is 0.350 e. The van der Waals surface area contributed by atoms with Crippen molar-refractivity contribution in [1.29, 1.82) is 5.26 Å².